The predicted octanol–water partition coefficient (Wildman–Crippen LogP) is 4.50. The maximum atomic E-state index is 13.9. The van der Waals surface area contributed by atoms with Crippen molar-refractivity contribution in [3.05, 3.63) is 58.9 Å². The van der Waals surface area contributed by atoms with Gasteiger partial charge < -0.3 is 4.74 Å². The van der Waals surface area contributed by atoms with Crippen LogP contribution in [0.1, 0.15) is 43.5 Å². The average molecular weight is 315 g/mol. The van der Waals surface area contributed by atoms with Crippen LogP contribution in [0.3, 0.4) is 0 Å². The van der Waals surface area contributed by atoms with Crippen molar-refractivity contribution in [2.24, 2.45) is 0 Å². The fourth-order valence-electron chi connectivity index (χ4n) is 2.05. The molecule has 23 heavy (non-hydrogen) atoms. The van der Waals surface area contributed by atoms with E-state index >= 15 is 0 Å². The summed E-state index contributed by atoms with van der Waals surface area (Å²) < 4.78 is 32.7. The summed E-state index contributed by atoms with van der Waals surface area (Å²) in [5.74, 6) is 3.26. The summed E-state index contributed by atoms with van der Waals surface area (Å²) in [4.78, 5) is 4.23. The molecule has 0 saturated carbocycles. The van der Waals surface area contributed by atoms with E-state index in [0.717, 1.165) is 24.8 Å². The van der Waals surface area contributed by atoms with Crippen LogP contribution in [0.2, 0.25) is 0 Å². The van der Waals surface area contributed by atoms with Gasteiger partial charge in [0.05, 0.1) is 12.2 Å². The highest BCUT2D eigenvalue weighted by Gasteiger charge is 2.12. The maximum absolute atomic E-state index is 13.9. The largest absolute Gasteiger partial charge is 0.491 e. The number of pyridine rings is 1. The normalized spacial score (nSPS) is 10.1. The molecule has 0 saturated heterocycles. The molecule has 4 heteroatoms. The van der Waals surface area contributed by atoms with Gasteiger partial charge in [-0.05, 0) is 49.4 Å². The number of ether oxygens (including phenoxy) is 1. The molecule has 2 nitrogen and oxygen atoms in total. The van der Waals surface area contributed by atoms with E-state index in [1.165, 1.54) is 12.1 Å². The van der Waals surface area contributed by atoms with Gasteiger partial charge in [-0.25, -0.2) is 9.37 Å². The molecule has 2 rings (SSSR count). The van der Waals surface area contributed by atoms with E-state index in [9.17, 15) is 8.78 Å². The summed E-state index contributed by atoms with van der Waals surface area (Å²) >= 11 is 0. The number of aromatic nitrogens is 1. The van der Waals surface area contributed by atoms with Crippen molar-refractivity contribution in [3.8, 4) is 17.6 Å². The van der Waals surface area contributed by atoms with Gasteiger partial charge in [0.1, 0.15) is 5.69 Å². The first-order valence-corrected chi connectivity index (χ1v) is 7.73. The van der Waals surface area contributed by atoms with Gasteiger partial charge in [-0.3, -0.25) is 0 Å². The van der Waals surface area contributed by atoms with E-state index in [4.69, 9.17) is 4.74 Å². The van der Waals surface area contributed by atoms with Crippen LogP contribution >= 0.6 is 0 Å². The summed E-state index contributed by atoms with van der Waals surface area (Å²) in [5.41, 5.74) is 1.66. The molecule has 0 spiro atoms. The molecule has 0 N–H and O–H groups in total. The lowest BCUT2D eigenvalue weighted by atomic mass is 10.1. The molecule has 120 valence electrons. The van der Waals surface area contributed by atoms with Crippen molar-refractivity contribution in [2.75, 3.05) is 6.61 Å². The molecule has 0 bridgehead atoms. The van der Waals surface area contributed by atoms with Gasteiger partial charge in [-0.1, -0.05) is 25.3 Å². The first kappa shape index (κ1) is 17.0. The summed E-state index contributed by atoms with van der Waals surface area (Å²) in [6.45, 7) is 4.12. The minimum Gasteiger partial charge on any atom is -0.491 e. The molecule has 0 aliphatic rings. The van der Waals surface area contributed by atoms with Gasteiger partial charge in [0, 0.05) is 6.20 Å². The maximum Gasteiger partial charge on any atom is 0.201 e. The third kappa shape index (κ3) is 4.53. The van der Waals surface area contributed by atoms with Crippen LogP contribution in [-0.4, -0.2) is 11.6 Å². The van der Waals surface area contributed by atoms with Crippen LogP contribution in [0, 0.1) is 23.5 Å². The Kier molecular flexibility index (Phi) is 6.10. The van der Waals surface area contributed by atoms with E-state index in [-0.39, 0.29) is 17.9 Å². The zero-order valence-corrected chi connectivity index (χ0v) is 13.3. The predicted molar refractivity (Wildman–Crippen MR) is 86.4 cm³/mol. The zero-order valence-electron chi connectivity index (χ0n) is 13.3. The molecule has 1 aromatic carbocycles. The fourth-order valence-corrected chi connectivity index (χ4v) is 2.05. The smallest absolute Gasteiger partial charge is 0.201 e. The molecule has 0 aliphatic heterocycles. The Morgan fingerprint density at radius 2 is 1.87 bits per heavy atom. The van der Waals surface area contributed by atoms with Crippen LogP contribution in [0.15, 0.2) is 30.5 Å². The van der Waals surface area contributed by atoms with Gasteiger partial charge in [0.2, 0.25) is 5.82 Å². The number of hydrogen-bond acceptors (Lipinski definition) is 2. The second kappa shape index (κ2) is 8.28. The van der Waals surface area contributed by atoms with Crippen molar-refractivity contribution in [3.63, 3.8) is 0 Å². The highest BCUT2D eigenvalue weighted by Crippen LogP contribution is 2.22. The van der Waals surface area contributed by atoms with Crippen LogP contribution in [0.5, 0.6) is 5.75 Å². The fraction of sp³-hybridized carbons (Fsp3) is 0.316. The van der Waals surface area contributed by atoms with Crippen molar-refractivity contribution in [2.45, 2.75) is 33.1 Å². The van der Waals surface area contributed by atoms with Crippen LogP contribution in [0.25, 0.3) is 0 Å². The van der Waals surface area contributed by atoms with E-state index in [0.29, 0.717) is 5.69 Å². The summed E-state index contributed by atoms with van der Waals surface area (Å²) in [6, 6.07) is 6.54. The molecule has 0 atom stereocenters. The third-order valence-corrected chi connectivity index (χ3v) is 3.32. The first-order chi connectivity index (χ1) is 11.2. The van der Waals surface area contributed by atoms with Gasteiger partial charge in [-0.2, -0.15) is 4.39 Å². The van der Waals surface area contributed by atoms with E-state index in [1.54, 1.807) is 19.2 Å². The third-order valence-electron chi connectivity index (χ3n) is 3.32. The van der Waals surface area contributed by atoms with Gasteiger partial charge in [0.25, 0.3) is 0 Å². The van der Waals surface area contributed by atoms with Gasteiger partial charge in [-0.15, -0.1) is 0 Å². The molecule has 0 radical (unpaired) electrons. The molecule has 0 amide bonds. The van der Waals surface area contributed by atoms with E-state index < -0.39 is 11.6 Å². The van der Waals surface area contributed by atoms with E-state index in [1.807, 2.05) is 6.07 Å². The Morgan fingerprint density at radius 3 is 2.52 bits per heavy atom. The molecule has 2 aromatic rings. The number of benzene rings is 1. The number of unbranched alkanes of at least 4 members (excludes halogenated alkanes) is 1. The summed E-state index contributed by atoms with van der Waals surface area (Å²) in [7, 11) is 0. The molecule has 0 unspecified atom stereocenters. The molecular weight excluding hydrogens is 296 g/mol. The van der Waals surface area contributed by atoms with Crippen LogP contribution < -0.4 is 4.74 Å². The van der Waals surface area contributed by atoms with E-state index in [2.05, 4.69) is 23.7 Å². The topological polar surface area (TPSA) is 22.1 Å². The van der Waals surface area contributed by atoms with Gasteiger partial charge in [0.15, 0.2) is 11.6 Å². The molecular formula is C19H19F2NO. The number of halogens is 2. The lowest BCUT2D eigenvalue weighted by Gasteiger charge is -2.05. The van der Waals surface area contributed by atoms with Crippen molar-refractivity contribution in [1.82, 2.24) is 4.98 Å². The Balaban J connectivity index is 2.17. The van der Waals surface area contributed by atoms with Gasteiger partial charge >= 0.3 is 0 Å². The highest BCUT2D eigenvalue weighted by atomic mass is 19.2. The molecule has 1 aromatic heterocycles. The van der Waals surface area contributed by atoms with Crippen molar-refractivity contribution < 1.29 is 13.5 Å². The van der Waals surface area contributed by atoms with Crippen LogP contribution in [0.4, 0.5) is 8.78 Å². The molecule has 0 fully saturated rings. The average Bonchev–Trinajstić information content (AvgIpc) is 2.57. The van der Waals surface area contributed by atoms with Crippen LogP contribution in [-0.2, 0) is 6.42 Å². The molecule has 1 heterocycles. The number of nitrogens with zero attached hydrogens (tertiary/aromatic N) is 1. The van der Waals surface area contributed by atoms with Crippen molar-refractivity contribution >= 4 is 0 Å². The standard InChI is InChI=1S/C19H19F2NO/c1-3-5-6-14-7-10-16(22-13-14)11-8-15-9-12-17(23-4-2)19(21)18(15)20/h7,9-10,12-13H,3-6H2,1-2H3. The Morgan fingerprint density at radius 1 is 1.04 bits per heavy atom. The molecule has 0 aliphatic carbocycles. The SMILES string of the molecule is CCCCc1ccc(C#Cc2ccc(OCC)c(F)c2F)nc1. The number of hydrogen-bond donors (Lipinski definition) is 0. The Hall–Kier alpha value is -2.41. The lowest BCUT2D eigenvalue weighted by Crippen LogP contribution is -1.98. The summed E-state index contributed by atoms with van der Waals surface area (Å²) in [5, 5.41) is 0. The second-order valence-electron chi connectivity index (χ2n) is 5.08. The quantitative estimate of drug-likeness (QED) is 0.758. The first-order valence-electron chi connectivity index (χ1n) is 7.73. The lowest BCUT2D eigenvalue weighted by molar-refractivity contribution is 0.314. The zero-order chi connectivity index (χ0) is 16.7. The Bertz CT molecular complexity index is 715. The number of rotatable bonds is 5. The highest BCUT2D eigenvalue weighted by molar-refractivity contribution is 5.44. The summed E-state index contributed by atoms with van der Waals surface area (Å²) in [6.07, 6.45) is 5.00. The number of aryl methyl sites for hydroxylation is 1. The van der Waals surface area contributed by atoms with Crippen molar-refractivity contribution in [1.29, 1.82) is 0 Å². The monoisotopic (exact) mass is 315 g/mol. The Labute approximate surface area is 135 Å². The second-order valence-corrected chi connectivity index (χ2v) is 5.08. The minimum atomic E-state index is -1.01. The minimum absolute atomic E-state index is 0.0113.